The van der Waals surface area contributed by atoms with Crippen LogP contribution in [0, 0.1) is 0 Å². The van der Waals surface area contributed by atoms with Gasteiger partial charge < -0.3 is 20.9 Å². The second-order valence-corrected chi connectivity index (χ2v) is 7.90. The number of anilines is 1. The molecule has 1 heterocycles. The van der Waals surface area contributed by atoms with Crippen LogP contribution in [0.25, 0.3) is 0 Å². The number of benzene rings is 2. The summed E-state index contributed by atoms with van der Waals surface area (Å²) in [5.74, 6) is 1.97. The zero-order valence-corrected chi connectivity index (χ0v) is 16.6. The number of rotatable bonds is 6. The van der Waals surface area contributed by atoms with Crippen LogP contribution < -0.4 is 20.9 Å². The Balaban J connectivity index is 1.44. The van der Waals surface area contributed by atoms with Gasteiger partial charge in [0.1, 0.15) is 17.6 Å². The number of ether oxygens (including phenoxy) is 2. The maximum atomic E-state index is 5.95. The average Bonchev–Trinajstić information content (AvgIpc) is 2.69. The van der Waals surface area contributed by atoms with Crippen LogP contribution >= 0.6 is 0 Å². The molecule has 0 bridgehead atoms. The van der Waals surface area contributed by atoms with Gasteiger partial charge in [-0.2, -0.15) is 0 Å². The molecular weight excluding hydrogens is 366 g/mol. The van der Waals surface area contributed by atoms with E-state index in [-0.39, 0.29) is 23.5 Å². The highest BCUT2D eigenvalue weighted by atomic mass is 16.5. The predicted molar refractivity (Wildman–Crippen MR) is 111 cm³/mol. The summed E-state index contributed by atoms with van der Waals surface area (Å²) in [5.41, 5.74) is 13.5. The molecule has 7 heteroatoms. The molecule has 1 aliphatic rings. The topological polar surface area (TPSA) is 109 Å². The molecule has 29 heavy (non-hydrogen) atoms. The van der Waals surface area contributed by atoms with Gasteiger partial charge in [-0.1, -0.05) is 38.1 Å². The van der Waals surface area contributed by atoms with E-state index < -0.39 is 0 Å². The van der Waals surface area contributed by atoms with Gasteiger partial charge in [0.05, 0.1) is 6.20 Å². The zero-order valence-electron chi connectivity index (χ0n) is 16.6. The number of nitrogens with zero attached hydrogens (tertiary/aromatic N) is 3. The summed E-state index contributed by atoms with van der Waals surface area (Å²) < 4.78 is 11.6. The Kier molecular flexibility index (Phi) is 5.07. The number of aromatic nitrogens is 3. The standard InChI is InChI=1S/C22H25N5O2/c1-22(2,14-3-7-17(8-4-14)28-19-11-16(23)12-19)15-5-9-18(10-6-15)29-20-13-25-21(24)27-26-20/h3-10,13,16,19H,11-12,23H2,1-2H3,(H2,24,25,27)/t16-,19-. The van der Waals surface area contributed by atoms with Crippen molar-refractivity contribution in [2.24, 2.45) is 5.73 Å². The Morgan fingerprint density at radius 1 is 0.897 bits per heavy atom. The van der Waals surface area contributed by atoms with Gasteiger partial charge in [-0.3, -0.25) is 0 Å². The van der Waals surface area contributed by atoms with Crippen molar-refractivity contribution in [2.75, 3.05) is 5.73 Å². The van der Waals surface area contributed by atoms with Gasteiger partial charge in [0.15, 0.2) is 0 Å². The quantitative estimate of drug-likeness (QED) is 0.662. The number of nitrogen functional groups attached to an aromatic ring is 1. The van der Waals surface area contributed by atoms with E-state index in [1.165, 1.54) is 17.3 Å². The zero-order chi connectivity index (χ0) is 20.4. The molecule has 4 N–H and O–H groups in total. The molecule has 0 aliphatic heterocycles. The summed E-state index contributed by atoms with van der Waals surface area (Å²) in [6.07, 6.45) is 3.55. The molecule has 0 amide bonds. The summed E-state index contributed by atoms with van der Waals surface area (Å²) in [4.78, 5) is 3.87. The SMILES string of the molecule is CC(C)(c1ccc(Oc2cnc(N)nn2)cc1)c1ccc(O[C@H]2C[C@H](N)C2)cc1. The lowest BCUT2D eigenvalue weighted by Gasteiger charge is -2.33. The molecule has 3 aromatic rings. The third kappa shape index (κ3) is 4.30. The van der Waals surface area contributed by atoms with Crippen molar-refractivity contribution in [1.82, 2.24) is 15.2 Å². The fourth-order valence-corrected chi connectivity index (χ4v) is 3.39. The molecule has 0 radical (unpaired) electrons. The molecule has 4 rings (SSSR count). The fraction of sp³-hybridized carbons (Fsp3) is 0.318. The van der Waals surface area contributed by atoms with Crippen molar-refractivity contribution in [3.63, 3.8) is 0 Å². The Hall–Kier alpha value is -3.19. The highest BCUT2D eigenvalue weighted by Gasteiger charge is 2.28. The monoisotopic (exact) mass is 391 g/mol. The van der Waals surface area contributed by atoms with Crippen LogP contribution in [0.2, 0.25) is 0 Å². The van der Waals surface area contributed by atoms with Gasteiger partial charge in [-0.25, -0.2) is 4.98 Å². The smallest absolute Gasteiger partial charge is 0.257 e. The average molecular weight is 391 g/mol. The first-order chi connectivity index (χ1) is 13.9. The van der Waals surface area contributed by atoms with Crippen LogP contribution in [0.4, 0.5) is 5.95 Å². The summed E-state index contributed by atoms with van der Waals surface area (Å²) in [6.45, 7) is 4.39. The molecule has 0 unspecified atom stereocenters. The van der Waals surface area contributed by atoms with Crippen LogP contribution in [0.5, 0.6) is 17.4 Å². The number of hydrogen-bond donors (Lipinski definition) is 2. The van der Waals surface area contributed by atoms with E-state index in [9.17, 15) is 0 Å². The molecule has 7 nitrogen and oxygen atoms in total. The summed E-state index contributed by atoms with van der Waals surface area (Å²) in [5, 5.41) is 7.54. The number of nitrogens with two attached hydrogens (primary N) is 2. The number of hydrogen-bond acceptors (Lipinski definition) is 7. The predicted octanol–water partition coefficient (Wildman–Crippen LogP) is 3.44. The van der Waals surface area contributed by atoms with Crippen molar-refractivity contribution in [2.45, 2.75) is 44.2 Å². The first kappa shape index (κ1) is 19.1. The lowest BCUT2D eigenvalue weighted by Crippen LogP contribution is -2.43. The van der Waals surface area contributed by atoms with Gasteiger partial charge in [-0.15, -0.1) is 10.2 Å². The maximum absolute atomic E-state index is 5.95. The molecule has 0 atom stereocenters. The van der Waals surface area contributed by atoms with E-state index in [0.29, 0.717) is 11.6 Å². The maximum Gasteiger partial charge on any atom is 0.257 e. The lowest BCUT2D eigenvalue weighted by molar-refractivity contribution is 0.101. The van der Waals surface area contributed by atoms with Crippen LogP contribution in [0.15, 0.2) is 54.7 Å². The molecular formula is C22H25N5O2. The Morgan fingerprint density at radius 2 is 1.48 bits per heavy atom. The minimum Gasteiger partial charge on any atom is -0.490 e. The lowest BCUT2D eigenvalue weighted by atomic mass is 9.78. The molecule has 1 aliphatic carbocycles. The first-order valence-corrected chi connectivity index (χ1v) is 9.66. The van der Waals surface area contributed by atoms with Crippen LogP contribution in [-0.4, -0.2) is 27.3 Å². The van der Waals surface area contributed by atoms with Gasteiger partial charge >= 0.3 is 0 Å². The van der Waals surface area contributed by atoms with Gasteiger partial charge in [0.25, 0.3) is 5.88 Å². The van der Waals surface area contributed by atoms with E-state index in [1.54, 1.807) is 0 Å². The van der Waals surface area contributed by atoms with Gasteiger partial charge in [0, 0.05) is 11.5 Å². The third-order valence-corrected chi connectivity index (χ3v) is 5.37. The second-order valence-electron chi connectivity index (χ2n) is 7.90. The Morgan fingerprint density at radius 3 is 2.00 bits per heavy atom. The second kappa shape index (κ2) is 7.67. The molecule has 0 spiro atoms. The minimum atomic E-state index is -0.168. The largest absolute Gasteiger partial charge is 0.490 e. The van der Waals surface area contributed by atoms with E-state index in [0.717, 1.165) is 18.6 Å². The van der Waals surface area contributed by atoms with Crippen molar-refractivity contribution >= 4 is 5.95 Å². The third-order valence-electron chi connectivity index (χ3n) is 5.37. The Labute approximate surface area is 170 Å². The molecule has 1 fully saturated rings. The van der Waals surface area contributed by atoms with Crippen LogP contribution in [0.1, 0.15) is 37.8 Å². The van der Waals surface area contributed by atoms with E-state index in [4.69, 9.17) is 20.9 Å². The minimum absolute atomic E-state index is 0.113. The van der Waals surface area contributed by atoms with Crippen LogP contribution in [0.3, 0.4) is 0 Å². The summed E-state index contributed by atoms with van der Waals surface area (Å²) in [6, 6.07) is 16.5. The normalized spacial score (nSPS) is 18.7. The van der Waals surface area contributed by atoms with E-state index in [1.807, 2.05) is 36.4 Å². The van der Waals surface area contributed by atoms with E-state index in [2.05, 4.69) is 41.2 Å². The van der Waals surface area contributed by atoms with Crippen molar-refractivity contribution < 1.29 is 9.47 Å². The van der Waals surface area contributed by atoms with Crippen molar-refractivity contribution in [1.29, 1.82) is 0 Å². The highest BCUT2D eigenvalue weighted by Crippen LogP contribution is 2.34. The fourth-order valence-electron chi connectivity index (χ4n) is 3.39. The van der Waals surface area contributed by atoms with Gasteiger partial charge in [0.2, 0.25) is 5.95 Å². The Bertz CT molecular complexity index is 950. The van der Waals surface area contributed by atoms with Crippen molar-refractivity contribution in [3.05, 3.63) is 65.9 Å². The molecule has 1 aromatic heterocycles. The molecule has 2 aromatic carbocycles. The molecule has 150 valence electrons. The highest BCUT2D eigenvalue weighted by molar-refractivity contribution is 5.42. The first-order valence-electron chi connectivity index (χ1n) is 9.66. The van der Waals surface area contributed by atoms with Gasteiger partial charge in [-0.05, 0) is 48.2 Å². The summed E-state index contributed by atoms with van der Waals surface area (Å²) in [7, 11) is 0. The van der Waals surface area contributed by atoms with Crippen molar-refractivity contribution in [3.8, 4) is 17.4 Å². The van der Waals surface area contributed by atoms with E-state index >= 15 is 0 Å². The molecule has 1 saturated carbocycles. The van der Waals surface area contributed by atoms with Crippen LogP contribution in [-0.2, 0) is 5.41 Å². The molecule has 0 saturated heterocycles. The summed E-state index contributed by atoms with van der Waals surface area (Å²) >= 11 is 0.